The van der Waals surface area contributed by atoms with E-state index in [0.717, 1.165) is 42.5 Å². The first-order valence-electron chi connectivity index (χ1n) is 9.76. The maximum absolute atomic E-state index is 15.9. The van der Waals surface area contributed by atoms with E-state index in [1.807, 2.05) is 6.07 Å². The average molecular weight is 484 g/mol. The molecule has 1 aromatic carbocycles. The number of hydrogen-bond donors (Lipinski definition) is 3. The molecule has 2 heterocycles. The van der Waals surface area contributed by atoms with Gasteiger partial charge in [0.1, 0.15) is 5.56 Å². The highest BCUT2D eigenvalue weighted by Crippen LogP contribution is 2.47. The standard InChI is InChI=1S/C21H19ClFN3O3S.ClH/c22-15-13(12-6-8-2-1-3-11(24)20(8)30-12)16(23)18-14(17(15)25)19(27)10(21(28)29)7-26(18)9-4-5-9;/h6-7,9,11H,1-5,24-25H2,(H,28,29);1H. The zero-order valence-corrected chi connectivity index (χ0v) is 18.7. The van der Waals surface area contributed by atoms with E-state index in [1.165, 1.54) is 22.1 Å². The van der Waals surface area contributed by atoms with Crippen LogP contribution in [0.15, 0.2) is 17.1 Å². The largest absolute Gasteiger partial charge is 0.477 e. The van der Waals surface area contributed by atoms with Crippen molar-refractivity contribution >= 4 is 57.9 Å². The van der Waals surface area contributed by atoms with E-state index in [9.17, 15) is 14.7 Å². The molecule has 164 valence electrons. The van der Waals surface area contributed by atoms with Crippen LogP contribution in [0.2, 0.25) is 5.02 Å². The number of halogens is 3. The van der Waals surface area contributed by atoms with Gasteiger partial charge in [0, 0.05) is 28.0 Å². The van der Waals surface area contributed by atoms with E-state index in [-0.39, 0.29) is 51.7 Å². The molecule has 0 spiro atoms. The van der Waals surface area contributed by atoms with Crippen molar-refractivity contribution in [3.63, 3.8) is 0 Å². The Kier molecular flexibility index (Phi) is 5.54. The Hall–Kier alpha value is -2.13. The second-order valence-corrected chi connectivity index (χ2v) is 9.42. The lowest BCUT2D eigenvalue weighted by Gasteiger charge is -2.17. The highest BCUT2D eigenvalue weighted by molar-refractivity contribution is 7.15. The van der Waals surface area contributed by atoms with E-state index < -0.39 is 22.8 Å². The van der Waals surface area contributed by atoms with Gasteiger partial charge in [0.05, 0.1) is 27.2 Å². The third-order valence-electron chi connectivity index (χ3n) is 5.94. The lowest BCUT2D eigenvalue weighted by Crippen LogP contribution is -2.21. The van der Waals surface area contributed by atoms with Gasteiger partial charge in [-0.1, -0.05) is 11.6 Å². The number of thiophene rings is 1. The fraction of sp³-hybridized carbons (Fsp3) is 0.333. The maximum atomic E-state index is 15.9. The molecular formula is C21H20Cl2FN3O3S. The molecular weight excluding hydrogens is 464 g/mol. The van der Waals surface area contributed by atoms with Gasteiger partial charge in [-0.2, -0.15) is 0 Å². The van der Waals surface area contributed by atoms with Gasteiger partial charge < -0.3 is 21.1 Å². The topological polar surface area (TPSA) is 111 Å². The van der Waals surface area contributed by atoms with E-state index in [0.29, 0.717) is 4.88 Å². The van der Waals surface area contributed by atoms with Crippen molar-refractivity contribution in [3.8, 4) is 10.4 Å². The van der Waals surface area contributed by atoms with Gasteiger partial charge in [-0.05, 0) is 43.7 Å². The Morgan fingerprint density at radius 1 is 1.32 bits per heavy atom. The third kappa shape index (κ3) is 3.33. The smallest absolute Gasteiger partial charge is 0.341 e. The van der Waals surface area contributed by atoms with Gasteiger partial charge in [0.25, 0.3) is 0 Å². The van der Waals surface area contributed by atoms with Crippen molar-refractivity contribution in [3.05, 3.63) is 49.3 Å². The number of aromatic nitrogens is 1. The molecule has 2 aromatic heterocycles. The van der Waals surface area contributed by atoms with Crippen LogP contribution in [0.5, 0.6) is 0 Å². The number of hydrogen-bond acceptors (Lipinski definition) is 5. The Labute approximate surface area is 192 Å². The number of fused-ring (bicyclic) bond motifs is 2. The second-order valence-electron chi connectivity index (χ2n) is 7.95. The molecule has 31 heavy (non-hydrogen) atoms. The predicted octanol–water partition coefficient (Wildman–Crippen LogP) is 4.90. The molecule has 10 heteroatoms. The summed E-state index contributed by atoms with van der Waals surface area (Å²) in [6, 6.07) is 1.74. The highest BCUT2D eigenvalue weighted by Gasteiger charge is 2.32. The van der Waals surface area contributed by atoms with Crippen molar-refractivity contribution in [2.24, 2.45) is 5.73 Å². The SMILES string of the molecule is Cl.Nc1c(Cl)c(-c2cc3c(s2)C(N)CCC3)c(F)c2c1c(=O)c(C(=O)O)cn2C1CC1. The average Bonchev–Trinajstić information content (AvgIpc) is 3.45. The minimum Gasteiger partial charge on any atom is -0.477 e. The van der Waals surface area contributed by atoms with Crippen molar-refractivity contribution < 1.29 is 14.3 Å². The summed E-state index contributed by atoms with van der Waals surface area (Å²) in [6.45, 7) is 0. The molecule has 0 saturated heterocycles. The fourth-order valence-corrected chi connectivity index (χ4v) is 5.92. The number of aromatic carboxylic acids is 1. The summed E-state index contributed by atoms with van der Waals surface area (Å²) in [5, 5.41) is 9.19. The molecule has 3 aromatic rings. The Morgan fingerprint density at radius 2 is 2.03 bits per heavy atom. The van der Waals surface area contributed by atoms with Crippen LogP contribution >= 0.6 is 35.3 Å². The number of aryl methyl sites for hydroxylation is 1. The summed E-state index contributed by atoms with van der Waals surface area (Å²) in [7, 11) is 0. The molecule has 1 fully saturated rings. The molecule has 5 N–H and O–H groups in total. The minimum absolute atomic E-state index is 0. The lowest BCUT2D eigenvalue weighted by atomic mass is 9.95. The molecule has 6 nitrogen and oxygen atoms in total. The van der Waals surface area contributed by atoms with E-state index in [2.05, 4.69) is 0 Å². The summed E-state index contributed by atoms with van der Waals surface area (Å²) in [4.78, 5) is 26.0. The van der Waals surface area contributed by atoms with Crippen LogP contribution in [0.3, 0.4) is 0 Å². The van der Waals surface area contributed by atoms with Crippen LogP contribution in [0.25, 0.3) is 21.3 Å². The van der Waals surface area contributed by atoms with Gasteiger partial charge >= 0.3 is 5.97 Å². The van der Waals surface area contributed by atoms with Crippen molar-refractivity contribution in [1.82, 2.24) is 4.57 Å². The van der Waals surface area contributed by atoms with E-state index in [1.54, 1.807) is 0 Å². The summed E-state index contributed by atoms with van der Waals surface area (Å²) in [5.74, 6) is -2.03. The second kappa shape index (κ2) is 7.78. The van der Waals surface area contributed by atoms with Crippen LogP contribution in [-0.4, -0.2) is 15.6 Å². The Bertz CT molecular complexity index is 1300. The van der Waals surface area contributed by atoms with E-state index >= 15 is 4.39 Å². The molecule has 0 radical (unpaired) electrons. The minimum atomic E-state index is -1.38. The quantitative estimate of drug-likeness (QED) is 0.458. The van der Waals surface area contributed by atoms with Crippen LogP contribution in [0.1, 0.15) is 58.6 Å². The number of nitrogen functional groups attached to an aromatic ring is 1. The van der Waals surface area contributed by atoms with Gasteiger partial charge in [-0.3, -0.25) is 4.79 Å². The molecule has 2 aliphatic carbocycles. The van der Waals surface area contributed by atoms with E-state index in [4.69, 9.17) is 23.1 Å². The normalized spacial score (nSPS) is 18.0. The monoisotopic (exact) mass is 483 g/mol. The van der Waals surface area contributed by atoms with Crippen LogP contribution in [0.4, 0.5) is 10.1 Å². The third-order valence-corrected chi connectivity index (χ3v) is 7.66. The number of nitrogens with two attached hydrogens (primary N) is 2. The molecule has 0 bridgehead atoms. The Balaban J connectivity index is 0.00000231. The van der Waals surface area contributed by atoms with Gasteiger partial charge in [-0.25, -0.2) is 9.18 Å². The number of rotatable bonds is 3. The number of carboxylic acid groups (broad SMARTS) is 1. The number of nitrogens with zero attached hydrogens (tertiary/aromatic N) is 1. The van der Waals surface area contributed by atoms with Gasteiger partial charge in [0.15, 0.2) is 5.82 Å². The number of carboxylic acids is 1. The molecule has 5 rings (SSSR count). The molecule has 1 saturated carbocycles. The Morgan fingerprint density at radius 3 is 2.65 bits per heavy atom. The van der Waals surface area contributed by atoms with Gasteiger partial charge in [0.2, 0.25) is 5.43 Å². The van der Waals surface area contributed by atoms with Crippen LogP contribution < -0.4 is 16.9 Å². The zero-order chi connectivity index (χ0) is 21.3. The molecule has 1 unspecified atom stereocenters. The first-order valence-corrected chi connectivity index (χ1v) is 11.0. The van der Waals surface area contributed by atoms with Crippen LogP contribution in [0, 0.1) is 5.82 Å². The summed E-state index contributed by atoms with van der Waals surface area (Å²) in [5.41, 5.74) is 12.3. The summed E-state index contributed by atoms with van der Waals surface area (Å²) >= 11 is 7.88. The number of anilines is 1. The highest BCUT2D eigenvalue weighted by atomic mass is 35.5. The molecule has 0 aliphatic heterocycles. The molecule has 0 amide bonds. The number of carbonyl (C=O) groups is 1. The zero-order valence-electron chi connectivity index (χ0n) is 16.3. The first kappa shape index (κ1) is 22.1. The van der Waals surface area contributed by atoms with Gasteiger partial charge in [-0.15, -0.1) is 23.7 Å². The maximum Gasteiger partial charge on any atom is 0.341 e. The van der Waals surface area contributed by atoms with Crippen LogP contribution in [-0.2, 0) is 6.42 Å². The summed E-state index contributed by atoms with van der Waals surface area (Å²) < 4.78 is 17.5. The van der Waals surface area contributed by atoms with Crippen molar-refractivity contribution in [2.75, 3.05) is 5.73 Å². The molecule has 2 aliphatic rings. The summed E-state index contributed by atoms with van der Waals surface area (Å²) in [6.07, 6.45) is 5.49. The van der Waals surface area contributed by atoms with Crippen molar-refractivity contribution in [2.45, 2.75) is 44.2 Å². The molecule has 1 atom stereocenters. The number of benzene rings is 1. The van der Waals surface area contributed by atoms with Crippen molar-refractivity contribution in [1.29, 1.82) is 0 Å². The first-order chi connectivity index (χ1) is 14.3. The fourth-order valence-electron chi connectivity index (χ4n) is 4.29. The lowest BCUT2D eigenvalue weighted by molar-refractivity contribution is 0.0695. The number of pyridine rings is 1. The predicted molar refractivity (Wildman–Crippen MR) is 123 cm³/mol.